The SMILES string of the molecule is CCOC(=O)C1CC12CCc1cc3ccccc3n1C2. The molecule has 2 unspecified atom stereocenters. The third-order valence-corrected chi connectivity index (χ3v) is 5.01. The number of aromatic nitrogens is 1. The molecule has 1 saturated carbocycles. The summed E-state index contributed by atoms with van der Waals surface area (Å²) in [6, 6.07) is 10.8. The van der Waals surface area contributed by atoms with Crippen LogP contribution in [0.15, 0.2) is 30.3 Å². The summed E-state index contributed by atoms with van der Waals surface area (Å²) in [4.78, 5) is 12.0. The second-order valence-corrected chi connectivity index (χ2v) is 6.15. The first-order chi connectivity index (χ1) is 9.73. The quantitative estimate of drug-likeness (QED) is 0.784. The first kappa shape index (κ1) is 12.0. The van der Waals surface area contributed by atoms with Crippen LogP contribution in [0.2, 0.25) is 0 Å². The van der Waals surface area contributed by atoms with Gasteiger partial charge in [0.25, 0.3) is 0 Å². The first-order valence-corrected chi connectivity index (χ1v) is 7.47. The Bertz CT molecular complexity index is 687. The molecule has 104 valence electrons. The smallest absolute Gasteiger partial charge is 0.309 e. The molecule has 0 amide bonds. The van der Waals surface area contributed by atoms with Crippen LogP contribution < -0.4 is 0 Å². The number of nitrogens with zero attached hydrogens (tertiary/aromatic N) is 1. The summed E-state index contributed by atoms with van der Waals surface area (Å²) < 4.78 is 7.62. The highest BCUT2D eigenvalue weighted by molar-refractivity contribution is 5.82. The highest BCUT2D eigenvalue weighted by atomic mass is 16.5. The van der Waals surface area contributed by atoms with E-state index >= 15 is 0 Å². The lowest BCUT2D eigenvalue weighted by Crippen LogP contribution is -2.25. The Kier molecular flexibility index (Phi) is 2.47. The van der Waals surface area contributed by atoms with E-state index in [1.54, 1.807) is 0 Å². The Morgan fingerprint density at radius 2 is 2.30 bits per heavy atom. The fraction of sp³-hybridized carbons (Fsp3) is 0.471. The summed E-state index contributed by atoms with van der Waals surface area (Å²) >= 11 is 0. The molecule has 0 radical (unpaired) electrons. The van der Waals surface area contributed by atoms with Gasteiger partial charge in [0.2, 0.25) is 0 Å². The van der Waals surface area contributed by atoms with Crippen LogP contribution in [-0.2, 0) is 22.5 Å². The zero-order chi connectivity index (χ0) is 13.7. The third-order valence-electron chi connectivity index (χ3n) is 5.01. The van der Waals surface area contributed by atoms with Crippen molar-refractivity contribution in [1.82, 2.24) is 4.57 Å². The molecule has 1 spiro atoms. The summed E-state index contributed by atoms with van der Waals surface area (Å²) in [6.45, 7) is 3.34. The number of hydrogen-bond donors (Lipinski definition) is 0. The Balaban J connectivity index is 1.66. The average molecular weight is 269 g/mol. The average Bonchev–Trinajstić information content (AvgIpc) is 3.03. The predicted octanol–water partition coefficient (Wildman–Crippen LogP) is 3.16. The van der Waals surface area contributed by atoms with Crippen LogP contribution >= 0.6 is 0 Å². The highest BCUT2D eigenvalue weighted by Gasteiger charge is 2.59. The maximum absolute atomic E-state index is 12.0. The number of carbonyl (C=O) groups is 1. The molecule has 1 aromatic heterocycles. The van der Waals surface area contributed by atoms with Gasteiger partial charge < -0.3 is 9.30 Å². The molecular formula is C17H19NO2. The topological polar surface area (TPSA) is 31.2 Å². The van der Waals surface area contributed by atoms with Gasteiger partial charge in [0.1, 0.15) is 0 Å². The lowest BCUT2D eigenvalue weighted by Gasteiger charge is -2.26. The molecule has 1 aliphatic carbocycles. The Hall–Kier alpha value is -1.77. The number of rotatable bonds is 2. The fourth-order valence-electron chi connectivity index (χ4n) is 3.81. The van der Waals surface area contributed by atoms with Crippen molar-refractivity contribution in [2.75, 3.05) is 6.61 Å². The van der Waals surface area contributed by atoms with E-state index in [1.807, 2.05) is 6.92 Å². The van der Waals surface area contributed by atoms with Crippen molar-refractivity contribution in [2.45, 2.75) is 32.7 Å². The lowest BCUT2D eigenvalue weighted by atomic mass is 9.92. The number of esters is 1. The van der Waals surface area contributed by atoms with E-state index in [1.165, 1.54) is 16.6 Å². The molecule has 0 saturated heterocycles. The van der Waals surface area contributed by atoms with Gasteiger partial charge in [-0.15, -0.1) is 0 Å². The van der Waals surface area contributed by atoms with Crippen molar-refractivity contribution in [3.8, 4) is 0 Å². The van der Waals surface area contributed by atoms with E-state index in [9.17, 15) is 4.79 Å². The Morgan fingerprint density at radius 1 is 1.45 bits per heavy atom. The molecular weight excluding hydrogens is 250 g/mol. The molecule has 2 aliphatic rings. The van der Waals surface area contributed by atoms with Crippen LogP contribution in [0.4, 0.5) is 0 Å². The summed E-state index contributed by atoms with van der Waals surface area (Å²) in [5.74, 6) is 0.129. The maximum Gasteiger partial charge on any atom is 0.309 e. The van der Waals surface area contributed by atoms with Gasteiger partial charge in [0.15, 0.2) is 0 Å². The maximum atomic E-state index is 12.0. The molecule has 3 nitrogen and oxygen atoms in total. The highest BCUT2D eigenvalue weighted by Crippen LogP contribution is 2.59. The minimum Gasteiger partial charge on any atom is -0.466 e. The fourth-order valence-corrected chi connectivity index (χ4v) is 3.81. The molecule has 3 heteroatoms. The molecule has 2 aromatic rings. The number of ether oxygens (including phenoxy) is 1. The second kappa shape index (κ2) is 4.11. The van der Waals surface area contributed by atoms with Gasteiger partial charge in [-0.2, -0.15) is 0 Å². The van der Waals surface area contributed by atoms with E-state index in [0.717, 1.165) is 25.8 Å². The van der Waals surface area contributed by atoms with Gasteiger partial charge >= 0.3 is 5.97 Å². The van der Waals surface area contributed by atoms with Gasteiger partial charge in [0.05, 0.1) is 12.5 Å². The third kappa shape index (κ3) is 1.62. The predicted molar refractivity (Wildman–Crippen MR) is 77.4 cm³/mol. The molecule has 0 bridgehead atoms. The van der Waals surface area contributed by atoms with Crippen LogP contribution in [0, 0.1) is 11.3 Å². The zero-order valence-electron chi connectivity index (χ0n) is 11.8. The number of carbonyl (C=O) groups excluding carboxylic acids is 1. The molecule has 1 aliphatic heterocycles. The van der Waals surface area contributed by atoms with E-state index in [-0.39, 0.29) is 17.3 Å². The van der Waals surface area contributed by atoms with Crippen LogP contribution in [0.1, 0.15) is 25.5 Å². The van der Waals surface area contributed by atoms with Crippen molar-refractivity contribution < 1.29 is 9.53 Å². The Morgan fingerprint density at radius 3 is 3.15 bits per heavy atom. The number of hydrogen-bond acceptors (Lipinski definition) is 2. The molecule has 1 fully saturated rings. The van der Waals surface area contributed by atoms with Crippen molar-refractivity contribution in [2.24, 2.45) is 11.3 Å². The molecule has 2 heterocycles. The second-order valence-electron chi connectivity index (χ2n) is 6.15. The van der Waals surface area contributed by atoms with E-state index in [4.69, 9.17) is 4.74 Å². The number of aryl methyl sites for hydroxylation is 1. The monoisotopic (exact) mass is 269 g/mol. The van der Waals surface area contributed by atoms with Crippen LogP contribution in [0.5, 0.6) is 0 Å². The van der Waals surface area contributed by atoms with Crippen LogP contribution in [-0.4, -0.2) is 17.1 Å². The van der Waals surface area contributed by atoms with Crippen LogP contribution in [0.3, 0.4) is 0 Å². The largest absolute Gasteiger partial charge is 0.466 e. The minimum atomic E-state index is 0.00686. The van der Waals surface area contributed by atoms with Gasteiger partial charge in [-0.1, -0.05) is 18.2 Å². The first-order valence-electron chi connectivity index (χ1n) is 7.47. The number of fused-ring (bicyclic) bond motifs is 3. The van der Waals surface area contributed by atoms with Gasteiger partial charge in [-0.05, 0) is 43.7 Å². The van der Waals surface area contributed by atoms with E-state index < -0.39 is 0 Å². The Labute approximate surface area is 118 Å². The summed E-state index contributed by atoms with van der Waals surface area (Å²) in [5.41, 5.74) is 2.88. The standard InChI is InChI=1S/C17H19NO2/c1-2-20-16(19)14-10-17(14)8-7-13-9-12-5-3-4-6-15(12)18(13)11-17/h3-6,9,14H,2,7-8,10-11H2,1H3. The molecule has 0 N–H and O–H groups in total. The van der Waals surface area contributed by atoms with Crippen LogP contribution in [0.25, 0.3) is 10.9 Å². The van der Waals surface area contributed by atoms with Crippen molar-refractivity contribution in [1.29, 1.82) is 0 Å². The lowest BCUT2D eigenvalue weighted by molar-refractivity contribution is -0.145. The van der Waals surface area contributed by atoms with Gasteiger partial charge in [0, 0.05) is 23.2 Å². The van der Waals surface area contributed by atoms with Crippen molar-refractivity contribution in [3.05, 3.63) is 36.0 Å². The molecule has 2 atom stereocenters. The molecule has 4 rings (SSSR count). The van der Waals surface area contributed by atoms with Crippen molar-refractivity contribution >= 4 is 16.9 Å². The van der Waals surface area contributed by atoms with Gasteiger partial charge in [-0.3, -0.25) is 4.79 Å². The molecule has 20 heavy (non-hydrogen) atoms. The van der Waals surface area contributed by atoms with Gasteiger partial charge in [-0.25, -0.2) is 0 Å². The molecule has 1 aromatic carbocycles. The summed E-state index contributed by atoms with van der Waals surface area (Å²) in [5, 5.41) is 1.31. The van der Waals surface area contributed by atoms with E-state index in [0.29, 0.717) is 6.61 Å². The summed E-state index contributed by atoms with van der Waals surface area (Å²) in [6.07, 6.45) is 3.19. The normalized spacial score (nSPS) is 27.6. The zero-order valence-corrected chi connectivity index (χ0v) is 11.8. The van der Waals surface area contributed by atoms with Crippen molar-refractivity contribution in [3.63, 3.8) is 0 Å². The summed E-state index contributed by atoms with van der Waals surface area (Å²) in [7, 11) is 0. The van der Waals surface area contributed by atoms with E-state index in [2.05, 4.69) is 34.9 Å². The minimum absolute atomic E-state index is 0.00686. The number of benzene rings is 1. The number of para-hydroxylation sites is 1.